The summed E-state index contributed by atoms with van der Waals surface area (Å²) in [5.41, 5.74) is 6.93. The van der Waals surface area contributed by atoms with Gasteiger partial charge in [0.05, 0.1) is 6.17 Å². The first-order valence-electron chi connectivity index (χ1n) is 7.53. The third-order valence-corrected chi connectivity index (χ3v) is 4.04. The van der Waals surface area contributed by atoms with E-state index >= 15 is 0 Å². The van der Waals surface area contributed by atoms with Crippen LogP contribution in [0.25, 0.3) is 0 Å². The number of benzene rings is 1. The largest absolute Gasteiger partial charge is 0.368 e. The van der Waals surface area contributed by atoms with Crippen LogP contribution in [-0.4, -0.2) is 65.3 Å². The predicted molar refractivity (Wildman–Crippen MR) is 87.5 cm³/mol. The summed E-state index contributed by atoms with van der Waals surface area (Å²) in [4.78, 5) is 9.94. The Morgan fingerprint density at radius 2 is 1.77 bits per heavy atom. The zero-order valence-corrected chi connectivity index (χ0v) is 13.1. The quantitative estimate of drug-likeness (QED) is 0.868. The van der Waals surface area contributed by atoms with Crippen LogP contribution in [0.5, 0.6) is 0 Å². The smallest absolute Gasteiger partial charge is 0.226 e. The summed E-state index contributed by atoms with van der Waals surface area (Å²) in [6.45, 7) is 3.76. The highest BCUT2D eigenvalue weighted by Gasteiger charge is 2.27. The zero-order chi connectivity index (χ0) is 15.5. The van der Waals surface area contributed by atoms with Crippen molar-refractivity contribution in [1.82, 2.24) is 25.0 Å². The van der Waals surface area contributed by atoms with E-state index in [9.17, 15) is 0 Å². The van der Waals surface area contributed by atoms with Crippen LogP contribution in [0.4, 0.5) is 11.9 Å². The van der Waals surface area contributed by atoms with E-state index in [4.69, 9.17) is 5.73 Å². The van der Waals surface area contributed by atoms with Crippen LogP contribution in [0.1, 0.15) is 11.7 Å². The topological polar surface area (TPSA) is 77.3 Å². The molecule has 0 amide bonds. The second-order valence-corrected chi connectivity index (χ2v) is 5.80. The van der Waals surface area contributed by atoms with Gasteiger partial charge in [-0.1, -0.05) is 30.3 Å². The first-order chi connectivity index (χ1) is 10.6. The Morgan fingerprint density at radius 1 is 1.09 bits per heavy atom. The summed E-state index contributed by atoms with van der Waals surface area (Å²) in [5, 5.41) is 7.90. The van der Waals surface area contributed by atoms with Gasteiger partial charge in [0.1, 0.15) is 0 Å². The summed E-state index contributed by atoms with van der Waals surface area (Å²) in [5.74, 6) is 1.13. The van der Waals surface area contributed by atoms with Crippen LogP contribution in [0.3, 0.4) is 0 Å². The minimum Gasteiger partial charge on any atom is -0.368 e. The Morgan fingerprint density at radius 3 is 2.32 bits per heavy atom. The van der Waals surface area contributed by atoms with Crippen molar-refractivity contribution >= 4 is 11.9 Å². The van der Waals surface area contributed by atoms with Gasteiger partial charge in [-0.2, -0.15) is 0 Å². The summed E-state index contributed by atoms with van der Waals surface area (Å²) in [6, 6.07) is 10.6. The first-order valence-corrected chi connectivity index (χ1v) is 7.53. The Hall–Kier alpha value is -2.12. The molecule has 0 aliphatic carbocycles. The standard InChI is InChI=1S/C15H23N7/c1-20(2)13(12-6-4-3-5-7-12)21-8-10-22(11-9-21)15-17-14(16)18-19-15/h3-7,13H,8-11H2,1-2H3,(H3,16,17,18,19). The van der Waals surface area contributed by atoms with Crippen LogP contribution < -0.4 is 10.6 Å². The number of nitrogens with one attached hydrogen (secondary N) is 1. The summed E-state index contributed by atoms with van der Waals surface area (Å²) < 4.78 is 0. The molecule has 1 aliphatic heterocycles. The van der Waals surface area contributed by atoms with Crippen LogP contribution in [0, 0.1) is 0 Å². The van der Waals surface area contributed by atoms with Crippen molar-refractivity contribution in [2.45, 2.75) is 6.17 Å². The van der Waals surface area contributed by atoms with Crippen molar-refractivity contribution in [3.63, 3.8) is 0 Å². The molecule has 1 aromatic carbocycles. The highest BCUT2D eigenvalue weighted by Crippen LogP contribution is 2.24. The number of nitrogens with zero attached hydrogens (tertiary/aromatic N) is 5. The predicted octanol–water partition coefficient (Wildman–Crippen LogP) is 0.769. The van der Waals surface area contributed by atoms with E-state index in [1.807, 2.05) is 0 Å². The fraction of sp³-hybridized carbons (Fsp3) is 0.467. The van der Waals surface area contributed by atoms with Crippen LogP contribution in [0.15, 0.2) is 30.3 Å². The number of nitrogen functional groups attached to an aromatic ring is 1. The average Bonchev–Trinajstić information content (AvgIpc) is 2.95. The van der Waals surface area contributed by atoms with Gasteiger partial charge in [0, 0.05) is 26.2 Å². The van der Waals surface area contributed by atoms with Gasteiger partial charge >= 0.3 is 0 Å². The molecule has 1 aromatic heterocycles. The normalized spacial score (nSPS) is 17.9. The number of anilines is 2. The van der Waals surface area contributed by atoms with Crippen molar-refractivity contribution in [3.05, 3.63) is 35.9 Å². The summed E-state index contributed by atoms with van der Waals surface area (Å²) in [6.07, 6.45) is 0.295. The minimum absolute atomic E-state index is 0.295. The third kappa shape index (κ3) is 3.05. The molecule has 1 saturated heterocycles. The molecule has 2 aromatic rings. The number of aromatic amines is 1. The van der Waals surface area contributed by atoms with Crippen molar-refractivity contribution in [2.75, 3.05) is 50.9 Å². The molecule has 1 atom stereocenters. The maximum Gasteiger partial charge on any atom is 0.226 e. The molecule has 3 N–H and O–H groups in total. The number of rotatable bonds is 4. The van der Waals surface area contributed by atoms with E-state index in [1.165, 1.54) is 5.56 Å². The lowest BCUT2D eigenvalue weighted by atomic mass is 10.1. The zero-order valence-electron chi connectivity index (χ0n) is 13.1. The fourth-order valence-electron chi connectivity index (χ4n) is 3.05. The molecule has 7 heteroatoms. The maximum absolute atomic E-state index is 5.60. The minimum atomic E-state index is 0.295. The van der Waals surface area contributed by atoms with Crippen molar-refractivity contribution in [2.24, 2.45) is 0 Å². The number of hydrogen-bond acceptors (Lipinski definition) is 6. The third-order valence-electron chi connectivity index (χ3n) is 4.04. The number of hydrogen-bond donors (Lipinski definition) is 2. The van der Waals surface area contributed by atoms with Gasteiger partial charge in [-0.05, 0) is 19.7 Å². The summed E-state index contributed by atoms with van der Waals surface area (Å²) >= 11 is 0. The molecule has 118 valence electrons. The van der Waals surface area contributed by atoms with Crippen LogP contribution in [0.2, 0.25) is 0 Å². The lowest BCUT2D eigenvalue weighted by Crippen LogP contribution is -2.50. The average molecular weight is 301 g/mol. The van der Waals surface area contributed by atoms with Gasteiger partial charge < -0.3 is 10.6 Å². The highest BCUT2D eigenvalue weighted by atomic mass is 15.4. The SMILES string of the molecule is CN(C)C(c1ccccc1)N1CCN(c2nnc(N)[nH]2)CC1. The van der Waals surface area contributed by atoms with Crippen LogP contribution in [-0.2, 0) is 0 Å². The van der Waals surface area contributed by atoms with E-state index in [1.54, 1.807) is 0 Å². The van der Waals surface area contributed by atoms with E-state index in [2.05, 4.69) is 74.3 Å². The van der Waals surface area contributed by atoms with Crippen molar-refractivity contribution in [3.8, 4) is 0 Å². The number of nitrogens with two attached hydrogens (primary N) is 1. The molecule has 1 fully saturated rings. The Kier molecular flexibility index (Phi) is 4.26. The monoisotopic (exact) mass is 301 g/mol. The van der Waals surface area contributed by atoms with Crippen LogP contribution >= 0.6 is 0 Å². The highest BCUT2D eigenvalue weighted by molar-refractivity contribution is 5.34. The molecular weight excluding hydrogens is 278 g/mol. The number of H-pyrrole nitrogens is 1. The van der Waals surface area contributed by atoms with Gasteiger partial charge in [-0.3, -0.25) is 14.8 Å². The van der Waals surface area contributed by atoms with E-state index < -0.39 is 0 Å². The Balaban J connectivity index is 1.69. The van der Waals surface area contributed by atoms with Crippen molar-refractivity contribution in [1.29, 1.82) is 0 Å². The summed E-state index contributed by atoms with van der Waals surface area (Å²) in [7, 11) is 4.25. The van der Waals surface area contributed by atoms with E-state index in [0.29, 0.717) is 12.1 Å². The molecule has 1 unspecified atom stereocenters. The van der Waals surface area contributed by atoms with Gasteiger partial charge in [-0.15, -0.1) is 10.2 Å². The van der Waals surface area contributed by atoms with E-state index in [0.717, 1.165) is 32.1 Å². The van der Waals surface area contributed by atoms with Gasteiger partial charge in [-0.25, -0.2) is 0 Å². The molecule has 0 spiro atoms. The second kappa shape index (κ2) is 6.33. The van der Waals surface area contributed by atoms with Crippen molar-refractivity contribution < 1.29 is 0 Å². The molecule has 22 heavy (non-hydrogen) atoms. The molecule has 1 aliphatic rings. The molecule has 3 rings (SSSR count). The van der Waals surface area contributed by atoms with Gasteiger partial charge in [0.25, 0.3) is 0 Å². The lowest BCUT2D eigenvalue weighted by Gasteiger charge is -2.41. The molecule has 0 saturated carbocycles. The lowest BCUT2D eigenvalue weighted by molar-refractivity contribution is 0.0729. The molecule has 0 radical (unpaired) electrons. The van der Waals surface area contributed by atoms with E-state index in [-0.39, 0.29) is 0 Å². The Bertz CT molecular complexity index is 587. The molecular formula is C15H23N7. The molecule has 7 nitrogen and oxygen atoms in total. The number of piperazine rings is 1. The van der Waals surface area contributed by atoms with Gasteiger partial charge in [0.2, 0.25) is 11.9 Å². The second-order valence-electron chi connectivity index (χ2n) is 5.80. The first kappa shape index (κ1) is 14.8. The Labute approximate surface area is 130 Å². The van der Waals surface area contributed by atoms with Gasteiger partial charge in [0.15, 0.2) is 0 Å². The number of aromatic nitrogens is 3. The fourth-order valence-corrected chi connectivity index (χ4v) is 3.05. The molecule has 0 bridgehead atoms. The maximum atomic E-state index is 5.60. The molecule has 2 heterocycles.